The van der Waals surface area contributed by atoms with E-state index in [1.165, 1.54) is 0 Å². The highest BCUT2D eigenvalue weighted by Crippen LogP contribution is 2.16. The SMILES string of the molecule is CCc1ccc(S(=O)(=O)NCCc2ccco2)cc1CN. The number of rotatable bonds is 7. The number of hydrogen-bond acceptors (Lipinski definition) is 4. The zero-order valence-electron chi connectivity index (χ0n) is 12.0. The van der Waals surface area contributed by atoms with Gasteiger partial charge in [0.1, 0.15) is 5.76 Å². The van der Waals surface area contributed by atoms with Crippen molar-refractivity contribution in [3.05, 3.63) is 53.5 Å². The van der Waals surface area contributed by atoms with Crippen molar-refractivity contribution in [2.24, 2.45) is 5.73 Å². The molecule has 3 N–H and O–H groups in total. The molecule has 2 aromatic rings. The second-order valence-corrected chi connectivity index (χ2v) is 6.48. The summed E-state index contributed by atoms with van der Waals surface area (Å²) in [6.45, 7) is 2.65. The topological polar surface area (TPSA) is 85.3 Å². The summed E-state index contributed by atoms with van der Waals surface area (Å²) in [7, 11) is -3.52. The Bertz CT molecular complexity index is 679. The Balaban J connectivity index is 2.08. The van der Waals surface area contributed by atoms with Crippen LogP contribution in [0.25, 0.3) is 0 Å². The first kappa shape index (κ1) is 15.8. The predicted octanol–water partition coefficient (Wildman–Crippen LogP) is 1.82. The van der Waals surface area contributed by atoms with Crippen LogP contribution in [0.2, 0.25) is 0 Å². The van der Waals surface area contributed by atoms with Gasteiger partial charge in [0.05, 0.1) is 11.2 Å². The van der Waals surface area contributed by atoms with Gasteiger partial charge in [-0.25, -0.2) is 13.1 Å². The van der Waals surface area contributed by atoms with E-state index in [2.05, 4.69) is 4.72 Å². The molecule has 2 rings (SSSR count). The molecule has 5 nitrogen and oxygen atoms in total. The molecular formula is C15H20N2O3S. The third kappa shape index (κ3) is 3.93. The molecule has 0 unspecified atom stereocenters. The molecule has 114 valence electrons. The molecule has 6 heteroatoms. The van der Waals surface area contributed by atoms with E-state index in [0.29, 0.717) is 19.5 Å². The molecule has 1 aromatic heterocycles. The number of furan rings is 1. The van der Waals surface area contributed by atoms with Gasteiger partial charge in [-0.15, -0.1) is 0 Å². The van der Waals surface area contributed by atoms with Crippen LogP contribution in [-0.4, -0.2) is 15.0 Å². The summed E-state index contributed by atoms with van der Waals surface area (Å²) in [5.41, 5.74) is 7.62. The standard InChI is InChI=1S/C15H20N2O3S/c1-2-12-5-6-15(10-13(12)11-16)21(18,19)17-8-7-14-4-3-9-20-14/h3-6,9-10,17H,2,7-8,11,16H2,1H3. The van der Waals surface area contributed by atoms with E-state index in [1.54, 1.807) is 24.5 Å². The van der Waals surface area contributed by atoms with Crippen LogP contribution in [0.1, 0.15) is 23.8 Å². The van der Waals surface area contributed by atoms with Crippen molar-refractivity contribution in [1.29, 1.82) is 0 Å². The number of benzene rings is 1. The van der Waals surface area contributed by atoms with Crippen molar-refractivity contribution in [3.63, 3.8) is 0 Å². The van der Waals surface area contributed by atoms with Crippen molar-refractivity contribution >= 4 is 10.0 Å². The first-order chi connectivity index (χ1) is 10.1. The zero-order valence-corrected chi connectivity index (χ0v) is 12.8. The third-order valence-corrected chi connectivity index (χ3v) is 4.79. The summed E-state index contributed by atoms with van der Waals surface area (Å²) in [5.74, 6) is 0.752. The monoisotopic (exact) mass is 308 g/mol. The van der Waals surface area contributed by atoms with Gasteiger partial charge in [0.15, 0.2) is 0 Å². The summed E-state index contributed by atoms with van der Waals surface area (Å²) < 4.78 is 32.2. The van der Waals surface area contributed by atoms with Gasteiger partial charge >= 0.3 is 0 Å². The van der Waals surface area contributed by atoms with Gasteiger partial charge in [-0.05, 0) is 41.8 Å². The number of hydrogen-bond donors (Lipinski definition) is 2. The second-order valence-electron chi connectivity index (χ2n) is 4.72. The first-order valence-electron chi connectivity index (χ1n) is 6.90. The van der Waals surface area contributed by atoms with E-state index >= 15 is 0 Å². The molecule has 0 atom stereocenters. The van der Waals surface area contributed by atoms with Crippen LogP contribution < -0.4 is 10.5 Å². The Morgan fingerprint density at radius 1 is 1.24 bits per heavy atom. The smallest absolute Gasteiger partial charge is 0.240 e. The summed E-state index contributed by atoms with van der Waals surface area (Å²) >= 11 is 0. The maximum Gasteiger partial charge on any atom is 0.240 e. The van der Waals surface area contributed by atoms with Crippen LogP contribution in [0.15, 0.2) is 45.9 Å². The van der Waals surface area contributed by atoms with Crippen LogP contribution in [0.4, 0.5) is 0 Å². The van der Waals surface area contributed by atoms with Gasteiger partial charge in [-0.2, -0.15) is 0 Å². The summed E-state index contributed by atoms with van der Waals surface area (Å²) in [6.07, 6.45) is 2.92. The summed E-state index contributed by atoms with van der Waals surface area (Å²) in [5, 5.41) is 0. The fourth-order valence-electron chi connectivity index (χ4n) is 2.15. The van der Waals surface area contributed by atoms with Gasteiger partial charge in [0, 0.05) is 19.5 Å². The van der Waals surface area contributed by atoms with E-state index in [1.807, 2.05) is 19.1 Å². The quantitative estimate of drug-likeness (QED) is 0.817. The predicted molar refractivity (Wildman–Crippen MR) is 81.3 cm³/mol. The molecule has 0 saturated carbocycles. The Kier molecular flexibility index (Phi) is 5.17. The summed E-state index contributed by atoms with van der Waals surface area (Å²) in [6, 6.07) is 8.68. The molecule has 0 aliphatic rings. The number of sulfonamides is 1. The summed E-state index contributed by atoms with van der Waals surface area (Å²) in [4.78, 5) is 0.250. The van der Waals surface area contributed by atoms with Crippen molar-refractivity contribution in [2.45, 2.75) is 31.2 Å². The lowest BCUT2D eigenvalue weighted by atomic mass is 10.1. The van der Waals surface area contributed by atoms with Crippen molar-refractivity contribution in [1.82, 2.24) is 4.72 Å². The van der Waals surface area contributed by atoms with Crippen LogP contribution in [-0.2, 0) is 29.4 Å². The lowest BCUT2D eigenvalue weighted by molar-refractivity contribution is 0.506. The Morgan fingerprint density at radius 3 is 2.67 bits per heavy atom. The normalized spacial score (nSPS) is 11.7. The Labute approximate surface area is 125 Å². The Morgan fingerprint density at radius 2 is 2.05 bits per heavy atom. The highest BCUT2D eigenvalue weighted by Gasteiger charge is 2.15. The van der Waals surface area contributed by atoms with Crippen LogP contribution in [0.5, 0.6) is 0 Å². The van der Waals surface area contributed by atoms with Crippen LogP contribution >= 0.6 is 0 Å². The lowest BCUT2D eigenvalue weighted by Crippen LogP contribution is -2.26. The van der Waals surface area contributed by atoms with Crippen molar-refractivity contribution in [2.75, 3.05) is 6.54 Å². The van der Waals surface area contributed by atoms with E-state index in [-0.39, 0.29) is 4.90 Å². The molecule has 0 radical (unpaired) electrons. The molecule has 1 aromatic carbocycles. The molecule has 0 aliphatic carbocycles. The molecule has 0 saturated heterocycles. The number of nitrogens with two attached hydrogens (primary N) is 1. The second kappa shape index (κ2) is 6.89. The van der Waals surface area contributed by atoms with Gasteiger partial charge in [-0.1, -0.05) is 13.0 Å². The maximum atomic E-state index is 12.2. The lowest BCUT2D eigenvalue weighted by Gasteiger charge is -2.10. The van der Waals surface area contributed by atoms with E-state index in [4.69, 9.17) is 10.2 Å². The largest absolute Gasteiger partial charge is 0.469 e. The highest BCUT2D eigenvalue weighted by molar-refractivity contribution is 7.89. The number of nitrogens with one attached hydrogen (secondary N) is 1. The molecule has 21 heavy (non-hydrogen) atoms. The van der Waals surface area contributed by atoms with Crippen LogP contribution in [0, 0.1) is 0 Å². The zero-order chi connectivity index (χ0) is 15.3. The van der Waals surface area contributed by atoms with E-state index in [9.17, 15) is 8.42 Å². The Hall–Kier alpha value is -1.63. The molecule has 0 aliphatic heterocycles. The minimum absolute atomic E-state index is 0.250. The first-order valence-corrected chi connectivity index (χ1v) is 8.39. The van der Waals surface area contributed by atoms with Gasteiger partial charge in [-0.3, -0.25) is 0 Å². The van der Waals surface area contributed by atoms with Gasteiger partial charge in [0.2, 0.25) is 10.0 Å². The molecule has 0 spiro atoms. The molecule has 0 bridgehead atoms. The van der Waals surface area contributed by atoms with Gasteiger partial charge < -0.3 is 10.2 Å². The fraction of sp³-hybridized carbons (Fsp3) is 0.333. The molecule has 0 amide bonds. The molecule has 1 heterocycles. The minimum Gasteiger partial charge on any atom is -0.469 e. The van der Waals surface area contributed by atoms with E-state index < -0.39 is 10.0 Å². The average molecular weight is 308 g/mol. The third-order valence-electron chi connectivity index (χ3n) is 3.33. The van der Waals surface area contributed by atoms with E-state index in [0.717, 1.165) is 23.3 Å². The average Bonchev–Trinajstić information content (AvgIpc) is 2.99. The highest BCUT2D eigenvalue weighted by atomic mass is 32.2. The minimum atomic E-state index is -3.52. The van der Waals surface area contributed by atoms with Crippen molar-refractivity contribution < 1.29 is 12.8 Å². The number of aryl methyl sites for hydroxylation is 1. The van der Waals surface area contributed by atoms with Crippen LogP contribution in [0.3, 0.4) is 0 Å². The maximum absolute atomic E-state index is 12.2. The molecule has 0 fully saturated rings. The fourth-order valence-corrected chi connectivity index (χ4v) is 3.23. The van der Waals surface area contributed by atoms with Crippen molar-refractivity contribution in [3.8, 4) is 0 Å². The molecular weight excluding hydrogens is 288 g/mol. The van der Waals surface area contributed by atoms with Gasteiger partial charge in [0.25, 0.3) is 0 Å².